The Morgan fingerprint density at radius 3 is 2.12 bits per heavy atom. The molecule has 2 amide bonds. The molecule has 1 unspecified atom stereocenters. The van der Waals surface area contributed by atoms with Crippen molar-refractivity contribution in [3.8, 4) is 5.75 Å². The minimum Gasteiger partial charge on any atom is -0.508 e. The van der Waals surface area contributed by atoms with Crippen molar-refractivity contribution in [2.45, 2.75) is 50.4 Å². The third kappa shape index (κ3) is 5.74. The van der Waals surface area contributed by atoms with Crippen molar-refractivity contribution in [3.63, 3.8) is 0 Å². The lowest BCUT2D eigenvalue weighted by Crippen LogP contribution is -2.48. The van der Waals surface area contributed by atoms with Gasteiger partial charge in [-0.05, 0) is 67.6 Å². The molecule has 2 aromatic rings. The van der Waals surface area contributed by atoms with Crippen LogP contribution in [0.4, 0.5) is 26.7 Å². The zero-order valence-corrected chi connectivity index (χ0v) is 16.9. The number of hydrogen-bond acceptors (Lipinski definition) is 3. The molecule has 1 heterocycles. The van der Waals surface area contributed by atoms with Gasteiger partial charge in [0, 0.05) is 18.5 Å². The van der Waals surface area contributed by atoms with Gasteiger partial charge in [-0.3, -0.25) is 10.3 Å². The Morgan fingerprint density at radius 2 is 1.62 bits per heavy atom. The van der Waals surface area contributed by atoms with E-state index in [-0.39, 0.29) is 23.7 Å². The second kappa shape index (κ2) is 9.54. The van der Waals surface area contributed by atoms with E-state index < -0.39 is 29.4 Å². The average molecular weight is 455 g/mol. The van der Waals surface area contributed by atoms with Crippen LogP contribution < -0.4 is 5.32 Å². The quantitative estimate of drug-likeness (QED) is 0.504. The van der Waals surface area contributed by atoms with Gasteiger partial charge in [-0.1, -0.05) is 0 Å². The molecule has 2 aliphatic rings. The summed E-state index contributed by atoms with van der Waals surface area (Å²) in [6.45, 7) is 0. The van der Waals surface area contributed by atoms with Crippen LogP contribution in [0, 0.1) is 17.0 Å². The number of benzene rings is 2. The fourth-order valence-electron chi connectivity index (χ4n) is 3.51. The van der Waals surface area contributed by atoms with Crippen molar-refractivity contribution in [1.82, 2.24) is 10.2 Å². The highest BCUT2D eigenvalue weighted by molar-refractivity contribution is 5.98. The topological polar surface area (TPSA) is 76.4 Å². The summed E-state index contributed by atoms with van der Waals surface area (Å²) >= 11 is 0. The predicted molar refractivity (Wildman–Crippen MR) is 107 cm³/mol. The van der Waals surface area contributed by atoms with E-state index >= 15 is 0 Å². The molecule has 0 bridgehead atoms. The first-order chi connectivity index (χ1) is 15.0. The van der Waals surface area contributed by atoms with Gasteiger partial charge in [0.05, 0.1) is 11.6 Å². The Hall–Kier alpha value is -3.17. The molecule has 5 nitrogen and oxygen atoms in total. The number of likely N-dealkylation sites (tertiary alicyclic amines) is 1. The molecule has 0 aromatic heterocycles. The third-order valence-electron chi connectivity index (χ3n) is 5.37. The van der Waals surface area contributed by atoms with Crippen molar-refractivity contribution < 1.29 is 31.9 Å². The van der Waals surface area contributed by atoms with Crippen LogP contribution in [-0.4, -0.2) is 27.9 Å². The van der Waals surface area contributed by atoms with Gasteiger partial charge < -0.3 is 10.4 Å². The molecule has 1 saturated heterocycles. The zero-order valence-electron chi connectivity index (χ0n) is 16.9. The number of carbonyl (C=O) groups excluding carboxylic acids is 1. The molecule has 1 saturated carbocycles. The minimum absolute atomic E-state index is 0.163. The van der Waals surface area contributed by atoms with Gasteiger partial charge in [-0.15, -0.1) is 0 Å². The smallest absolute Gasteiger partial charge is 0.416 e. The summed E-state index contributed by atoms with van der Waals surface area (Å²) in [5, 5.41) is 19.5. The fourth-order valence-corrected chi connectivity index (χ4v) is 3.51. The number of hydrogen-bond donors (Lipinski definition) is 3. The Balaban J connectivity index is 0.000000222. The highest BCUT2D eigenvalue weighted by Gasteiger charge is 2.36. The Kier molecular flexibility index (Phi) is 7.00. The average Bonchev–Trinajstić information content (AvgIpc) is 3.05. The van der Waals surface area contributed by atoms with Gasteiger partial charge in [0.2, 0.25) is 0 Å². The first-order valence-corrected chi connectivity index (χ1v) is 10.0. The van der Waals surface area contributed by atoms with E-state index in [0.29, 0.717) is 18.4 Å². The number of nitrogens with one attached hydrogen (secondary N) is 2. The van der Waals surface area contributed by atoms with Crippen LogP contribution >= 0.6 is 0 Å². The standard InChI is InChI=1S/C15H17F2N3O.C7H5F3O/c16-10-6-9(7-11(17)8-10)13-4-5-14(18)20(13)15(21)19-12-2-1-3-12;8-7(9,10)5-1-3-6(11)4-2-5/h6-8,12-13,18H,1-5H2,(H,19,21);1-4,11H. The molecule has 10 heteroatoms. The maximum Gasteiger partial charge on any atom is 0.416 e. The largest absolute Gasteiger partial charge is 0.508 e. The van der Waals surface area contributed by atoms with Crippen molar-refractivity contribution in [1.29, 1.82) is 5.41 Å². The first kappa shape index (κ1) is 23.5. The van der Waals surface area contributed by atoms with Gasteiger partial charge in [0.15, 0.2) is 0 Å². The van der Waals surface area contributed by atoms with E-state index in [1.807, 2.05) is 0 Å². The lowest BCUT2D eigenvalue weighted by atomic mass is 9.93. The van der Waals surface area contributed by atoms with Crippen LogP contribution in [0.25, 0.3) is 0 Å². The Labute approximate surface area is 181 Å². The molecular weight excluding hydrogens is 433 g/mol. The lowest BCUT2D eigenvalue weighted by molar-refractivity contribution is -0.137. The van der Waals surface area contributed by atoms with Gasteiger partial charge in [-0.25, -0.2) is 13.6 Å². The number of nitrogens with zero attached hydrogens (tertiary/aromatic N) is 1. The number of rotatable bonds is 2. The predicted octanol–water partition coefficient (Wildman–Crippen LogP) is 5.75. The van der Waals surface area contributed by atoms with Crippen LogP contribution in [0.5, 0.6) is 5.75 Å². The second-order valence-corrected chi connectivity index (χ2v) is 7.70. The molecule has 4 rings (SSSR count). The number of amides is 2. The summed E-state index contributed by atoms with van der Waals surface area (Å²) in [5.74, 6) is -1.30. The van der Waals surface area contributed by atoms with Crippen LogP contribution in [0.15, 0.2) is 42.5 Å². The van der Waals surface area contributed by atoms with Crippen molar-refractivity contribution in [3.05, 3.63) is 65.2 Å². The number of phenols is 1. The lowest BCUT2D eigenvalue weighted by Gasteiger charge is -2.31. The summed E-state index contributed by atoms with van der Waals surface area (Å²) < 4.78 is 62.2. The van der Waals surface area contributed by atoms with Gasteiger partial charge >= 0.3 is 12.2 Å². The number of aromatic hydroxyl groups is 1. The van der Waals surface area contributed by atoms with Crippen LogP contribution in [0.3, 0.4) is 0 Å². The fraction of sp³-hybridized carbons (Fsp3) is 0.364. The number of alkyl halides is 3. The molecule has 172 valence electrons. The molecule has 1 aliphatic carbocycles. The molecule has 32 heavy (non-hydrogen) atoms. The maximum absolute atomic E-state index is 13.4. The third-order valence-corrected chi connectivity index (χ3v) is 5.37. The van der Waals surface area contributed by atoms with Crippen LogP contribution in [-0.2, 0) is 6.18 Å². The normalized spacial score (nSPS) is 18.6. The molecule has 1 atom stereocenters. The summed E-state index contributed by atoms with van der Waals surface area (Å²) in [4.78, 5) is 13.6. The molecular formula is C22H22F5N3O2. The summed E-state index contributed by atoms with van der Waals surface area (Å²) in [7, 11) is 0. The highest BCUT2D eigenvalue weighted by atomic mass is 19.4. The highest BCUT2D eigenvalue weighted by Crippen LogP contribution is 2.34. The molecule has 0 spiro atoms. The first-order valence-electron chi connectivity index (χ1n) is 10.0. The molecule has 0 radical (unpaired) electrons. The molecule has 2 fully saturated rings. The maximum atomic E-state index is 13.4. The summed E-state index contributed by atoms with van der Waals surface area (Å²) in [6, 6.07) is 6.29. The summed E-state index contributed by atoms with van der Waals surface area (Å²) in [6.07, 6.45) is -0.381. The monoisotopic (exact) mass is 455 g/mol. The van der Waals surface area contributed by atoms with E-state index in [0.717, 1.165) is 49.6 Å². The van der Waals surface area contributed by atoms with Crippen molar-refractivity contribution in [2.75, 3.05) is 0 Å². The SMILES string of the molecule is N=C1CCC(c2cc(F)cc(F)c2)N1C(=O)NC1CCC1.Oc1ccc(C(F)(F)F)cc1. The molecule has 1 aliphatic heterocycles. The number of urea groups is 1. The number of carbonyl (C=O) groups is 1. The van der Waals surface area contributed by atoms with E-state index in [9.17, 15) is 26.7 Å². The molecule has 3 N–H and O–H groups in total. The summed E-state index contributed by atoms with van der Waals surface area (Å²) in [5.41, 5.74) is -0.353. The van der Waals surface area contributed by atoms with Crippen LogP contribution in [0.2, 0.25) is 0 Å². The van der Waals surface area contributed by atoms with E-state index in [1.54, 1.807) is 0 Å². The number of phenolic OH excluding ortho intramolecular Hbond substituents is 1. The minimum atomic E-state index is -4.33. The number of amidine groups is 1. The van der Waals surface area contributed by atoms with Gasteiger partial charge in [0.25, 0.3) is 0 Å². The molecule has 2 aromatic carbocycles. The van der Waals surface area contributed by atoms with Crippen LogP contribution in [0.1, 0.15) is 49.3 Å². The Morgan fingerprint density at radius 1 is 1.03 bits per heavy atom. The van der Waals surface area contributed by atoms with Gasteiger partial charge in [0.1, 0.15) is 23.2 Å². The van der Waals surface area contributed by atoms with E-state index in [2.05, 4.69) is 5.32 Å². The second-order valence-electron chi connectivity index (χ2n) is 7.70. The van der Waals surface area contributed by atoms with E-state index in [1.165, 1.54) is 17.0 Å². The van der Waals surface area contributed by atoms with Crippen molar-refractivity contribution in [2.24, 2.45) is 0 Å². The zero-order chi connectivity index (χ0) is 23.5. The number of halogens is 5. The van der Waals surface area contributed by atoms with Gasteiger partial charge in [-0.2, -0.15) is 13.2 Å². The Bertz CT molecular complexity index is 954. The van der Waals surface area contributed by atoms with E-state index in [4.69, 9.17) is 10.5 Å². The van der Waals surface area contributed by atoms with Crippen molar-refractivity contribution >= 4 is 11.9 Å².